The number of rotatable bonds is 3. The molecule has 1 aliphatic rings. The molecule has 2 heterocycles. The molecule has 0 saturated carbocycles. The van der Waals surface area contributed by atoms with Gasteiger partial charge in [-0.2, -0.15) is 13.2 Å². The topological polar surface area (TPSA) is 102 Å². The van der Waals surface area contributed by atoms with Gasteiger partial charge in [0.25, 0.3) is 0 Å². The second-order valence-electron chi connectivity index (χ2n) is 6.51. The number of pyridine rings is 1. The third-order valence-corrected chi connectivity index (χ3v) is 4.64. The Kier molecular flexibility index (Phi) is 5.01. The minimum absolute atomic E-state index is 0.0436. The van der Waals surface area contributed by atoms with Crippen molar-refractivity contribution in [3.05, 3.63) is 51.2 Å². The van der Waals surface area contributed by atoms with E-state index in [1.54, 1.807) is 0 Å². The van der Waals surface area contributed by atoms with Crippen molar-refractivity contribution in [1.82, 2.24) is 15.0 Å². The molecule has 0 saturated heterocycles. The Bertz CT molecular complexity index is 931. The predicted molar refractivity (Wildman–Crippen MR) is 91.6 cm³/mol. The third kappa shape index (κ3) is 3.78. The molecule has 0 N–H and O–H groups in total. The van der Waals surface area contributed by atoms with Gasteiger partial charge in [0, 0.05) is 30.3 Å². The molecule has 2 aromatic heterocycles. The molecule has 28 heavy (non-hydrogen) atoms. The van der Waals surface area contributed by atoms with Crippen molar-refractivity contribution in [3.63, 3.8) is 0 Å². The number of fused-ring (bicyclic) bond motifs is 1. The zero-order valence-electron chi connectivity index (χ0n) is 15.0. The number of hydrogen-bond acceptors (Lipinski definition) is 6. The van der Waals surface area contributed by atoms with Gasteiger partial charge in [-0.3, -0.25) is 4.79 Å². The Morgan fingerprint density at radius 1 is 1.32 bits per heavy atom. The molecule has 1 atom stereocenters. The van der Waals surface area contributed by atoms with E-state index in [9.17, 15) is 28.1 Å². The van der Waals surface area contributed by atoms with E-state index in [0.717, 1.165) is 6.07 Å². The SMILES string of the molecule is Cc1nc2c(c(C(F)(F)F)n1)CC(C(=O)N(C)c1ccc([N+](=O)[O-])nc1)CC2. The molecular formula is C17H16F3N5O3. The number of hydrogen-bond donors (Lipinski definition) is 0. The predicted octanol–water partition coefficient (Wildman–Crippen LogP) is 2.87. The maximum atomic E-state index is 13.4. The number of anilines is 1. The molecule has 0 radical (unpaired) electrons. The van der Waals surface area contributed by atoms with E-state index >= 15 is 0 Å². The highest BCUT2D eigenvalue weighted by atomic mass is 19.4. The Balaban J connectivity index is 1.85. The summed E-state index contributed by atoms with van der Waals surface area (Å²) in [6.07, 6.45) is -2.97. The lowest BCUT2D eigenvalue weighted by Gasteiger charge is -2.28. The fourth-order valence-corrected chi connectivity index (χ4v) is 3.27. The van der Waals surface area contributed by atoms with Crippen LogP contribution >= 0.6 is 0 Å². The molecule has 3 rings (SSSR count). The van der Waals surface area contributed by atoms with Gasteiger partial charge in [-0.1, -0.05) is 0 Å². The van der Waals surface area contributed by atoms with E-state index in [1.165, 1.54) is 31.1 Å². The maximum Gasteiger partial charge on any atom is 0.433 e. The molecule has 0 aliphatic heterocycles. The van der Waals surface area contributed by atoms with Crippen LogP contribution in [-0.4, -0.2) is 32.8 Å². The highest BCUT2D eigenvalue weighted by Crippen LogP contribution is 2.36. The minimum Gasteiger partial charge on any atom is -0.358 e. The summed E-state index contributed by atoms with van der Waals surface area (Å²) in [5.74, 6) is -1.39. The lowest BCUT2D eigenvalue weighted by atomic mass is 9.84. The number of nitrogens with zero attached hydrogens (tertiary/aromatic N) is 5. The van der Waals surface area contributed by atoms with Gasteiger partial charge in [-0.15, -0.1) is 0 Å². The number of carbonyl (C=O) groups excluding carboxylic acids is 1. The number of carbonyl (C=O) groups is 1. The van der Waals surface area contributed by atoms with Gasteiger partial charge in [0.1, 0.15) is 5.82 Å². The van der Waals surface area contributed by atoms with Crippen LogP contribution in [0.4, 0.5) is 24.7 Å². The molecule has 8 nitrogen and oxygen atoms in total. The van der Waals surface area contributed by atoms with E-state index in [-0.39, 0.29) is 30.0 Å². The van der Waals surface area contributed by atoms with Crippen molar-refractivity contribution in [3.8, 4) is 0 Å². The fraction of sp³-hybridized carbons (Fsp3) is 0.412. The molecule has 0 aromatic carbocycles. The number of nitro groups is 1. The largest absolute Gasteiger partial charge is 0.433 e. The summed E-state index contributed by atoms with van der Waals surface area (Å²) in [4.78, 5) is 35.4. The molecule has 1 aliphatic carbocycles. The van der Waals surface area contributed by atoms with E-state index < -0.39 is 28.6 Å². The summed E-state index contributed by atoms with van der Waals surface area (Å²) in [5, 5.41) is 10.7. The summed E-state index contributed by atoms with van der Waals surface area (Å²) in [5.41, 5.74) is -0.397. The highest BCUT2D eigenvalue weighted by Gasteiger charge is 2.40. The van der Waals surface area contributed by atoms with E-state index in [2.05, 4.69) is 15.0 Å². The normalized spacial score (nSPS) is 16.4. The first-order valence-corrected chi connectivity index (χ1v) is 8.39. The van der Waals surface area contributed by atoms with Crippen molar-refractivity contribution in [2.24, 2.45) is 5.92 Å². The van der Waals surface area contributed by atoms with Gasteiger partial charge < -0.3 is 15.0 Å². The summed E-state index contributed by atoms with van der Waals surface area (Å²) in [6.45, 7) is 1.40. The summed E-state index contributed by atoms with van der Waals surface area (Å²) >= 11 is 0. The Labute approximate surface area is 157 Å². The van der Waals surface area contributed by atoms with E-state index in [0.29, 0.717) is 17.8 Å². The fourth-order valence-electron chi connectivity index (χ4n) is 3.27. The van der Waals surface area contributed by atoms with Crippen LogP contribution in [0.1, 0.15) is 29.2 Å². The van der Waals surface area contributed by atoms with Crippen LogP contribution in [0.25, 0.3) is 0 Å². The van der Waals surface area contributed by atoms with E-state index in [1.807, 2.05) is 0 Å². The van der Waals surface area contributed by atoms with Gasteiger partial charge in [0.15, 0.2) is 11.9 Å². The van der Waals surface area contributed by atoms with Crippen LogP contribution in [0.15, 0.2) is 18.3 Å². The molecular weight excluding hydrogens is 379 g/mol. The van der Waals surface area contributed by atoms with Crippen LogP contribution in [0.3, 0.4) is 0 Å². The minimum atomic E-state index is -4.63. The summed E-state index contributed by atoms with van der Waals surface area (Å²) < 4.78 is 40.1. The Morgan fingerprint density at radius 3 is 2.61 bits per heavy atom. The average Bonchev–Trinajstić information content (AvgIpc) is 2.65. The molecule has 0 spiro atoms. The van der Waals surface area contributed by atoms with Crippen LogP contribution in [0, 0.1) is 23.0 Å². The van der Waals surface area contributed by atoms with Crippen molar-refractivity contribution in [1.29, 1.82) is 0 Å². The standard InChI is InChI=1S/C17H16F3N5O3/c1-9-22-13-5-3-10(7-12(13)15(23-9)17(18,19)20)16(26)24(2)11-4-6-14(21-8-11)25(27)28/h4,6,8,10H,3,5,7H2,1-2H3. The lowest BCUT2D eigenvalue weighted by Crippen LogP contribution is -2.37. The zero-order chi connectivity index (χ0) is 20.6. The summed E-state index contributed by atoms with van der Waals surface area (Å²) in [6, 6.07) is 2.53. The van der Waals surface area contributed by atoms with Gasteiger partial charge >= 0.3 is 12.0 Å². The van der Waals surface area contributed by atoms with Gasteiger partial charge in [-0.25, -0.2) is 9.97 Å². The number of aromatic nitrogens is 3. The maximum absolute atomic E-state index is 13.4. The van der Waals surface area contributed by atoms with Crippen LogP contribution in [-0.2, 0) is 23.8 Å². The second-order valence-corrected chi connectivity index (χ2v) is 6.51. The van der Waals surface area contributed by atoms with Crippen molar-refractivity contribution in [2.75, 3.05) is 11.9 Å². The van der Waals surface area contributed by atoms with Gasteiger partial charge in [0.05, 0.1) is 5.69 Å². The zero-order valence-corrected chi connectivity index (χ0v) is 15.0. The number of aryl methyl sites for hydroxylation is 2. The van der Waals surface area contributed by atoms with Crippen LogP contribution in [0.5, 0.6) is 0 Å². The monoisotopic (exact) mass is 395 g/mol. The van der Waals surface area contributed by atoms with E-state index in [4.69, 9.17) is 0 Å². The van der Waals surface area contributed by atoms with Crippen LogP contribution < -0.4 is 4.90 Å². The van der Waals surface area contributed by atoms with Crippen LogP contribution in [0.2, 0.25) is 0 Å². The molecule has 148 valence electrons. The van der Waals surface area contributed by atoms with Crippen molar-refractivity contribution >= 4 is 17.4 Å². The Hall–Kier alpha value is -3.11. The molecule has 1 amide bonds. The first kappa shape index (κ1) is 19.6. The smallest absolute Gasteiger partial charge is 0.358 e. The highest BCUT2D eigenvalue weighted by molar-refractivity contribution is 5.94. The average molecular weight is 395 g/mol. The number of alkyl halides is 3. The third-order valence-electron chi connectivity index (χ3n) is 4.64. The Morgan fingerprint density at radius 2 is 2.04 bits per heavy atom. The van der Waals surface area contributed by atoms with Crippen molar-refractivity contribution in [2.45, 2.75) is 32.4 Å². The van der Waals surface area contributed by atoms with Gasteiger partial charge in [0.2, 0.25) is 5.91 Å². The molecule has 11 heteroatoms. The molecule has 0 fully saturated rings. The van der Waals surface area contributed by atoms with Crippen molar-refractivity contribution < 1.29 is 22.9 Å². The second kappa shape index (κ2) is 7.13. The first-order valence-electron chi connectivity index (χ1n) is 8.39. The quantitative estimate of drug-likeness (QED) is 0.585. The lowest BCUT2D eigenvalue weighted by molar-refractivity contribution is -0.389. The van der Waals surface area contributed by atoms with Gasteiger partial charge in [-0.05, 0) is 42.2 Å². The molecule has 0 bridgehead atoms. The first-order chi connectivity index (χ1) is 13.1. The number of halogens is 3. The summed E-state index contributed by atoms with van der Waals surface area (Å²) in [7, 11) is 1.46. The molecule has 1 unspecified atom stereocenters. The molecule has 2 aromatic rings. The number of amides is 1.